The maximum Gasteiger partial charge on any atom is 0 e. The summed E-state index contributed by atoms with van der Waals surface area (Å²) in [5, 5.41) is 0. The quantitative estimate of drug-likeness (QED) is 0.452. The molecule has 0 nitrogen and oxygen atoms in total. The van der Waals surface area contributed by atoms with Gasteiger partial charge in [0.1, 0.15) is 0 Å². The van der Waals surface area contributed by atoms with Crippen molar-refractivity contribution in [3.05, 3.63) is 7.43 Å². The Hall–Kier alpha value is 1.74. The molecule has 0 aliphatic carbocycles. The fourth-order valence-electron chi connectivity index (χ4n) is 0. The third-order valence-corrected chi connectivity index (χ3v) is 0. The van der Waals surface area contributed by atoms with E-state index in [0.717, 1.165) is 0 Å². The van der Waals surface area contributed by atoms with Gasteiger partial charge in [-0.3, -0.25) is 0 Å². The van der Waals surface area contributed by atoms with E-state index in [1.807, 2.05) is 0 Å². The number of hydrogen-bond donors (Lipinski definition) is 0. The third kappa shape index (κ3) is 9.27. The average Bonchev–Trinajstić information content (AvgIpc) is 0. The second kappa shape index (κ2) is 21.9. The Balaban J connectivity index is 0. The van der Waals surface area contributed by atoms with Crippen molar-refractivity contribution in [3.63, 3.8) is 0 Å². The Kier molecular flexibility index (Phi) is 233. The molecule has 0 aromatic rings. The van der Waals surface area contributed by atoms with Crippen LogP contribution in [0.15, 0.2) is 0 Å². The van der Waals surface area contributed by atoms with Crippen LogP contribution in [-0.4, -0.2) is 0 Å². The van der Waals surface area contributed by atoms with Crippen molar-refractivity contribution in [1.29, 1.82) is 0 Å². The van der Waals surface area contributed by atoms with Crippen LogP contribution >= 0.6 is 0 Å². The zero-order valence-electron chi connectivity index (χ0n) is 1.72. The summed E-state index contributed by atoms with van der Waals surface area (Å²) in [6, 6.07) is 0. The van der Waals surface area contributed by atoms with Crippen molar-refractivity contribution in [2.45, 2.75) is 0 Å². The van der Waals surface area contributed by atoms with Crippen molar-refractivity contribution in [1.82, 2.24) is 0 Å². The summed E-state index contributed by atoms with van der Waals surface area (Å²) in [5.74, 6) is 0. The summed E-state index contributed by atoms with van der Waals surface area (Å²) in [5.41, 5.74) is 0. The predicted octanol–water partition coefficient (Wildman–Crippen LogP) is 0.0738. The first-order chi connectivity index (χ1) is 0. The molecular formula is CCrNiTi. The van der Waals surface area contributed by atoms with Gasteiger partial charge in [-0.2, -0.15) is 0 Å². The molecule has 0 unspecified atom stereocenters. The molecule has 24 valence electrons. The molecule has 0 amide bonds. The van der Waals surface area contributed by atoms with Gasteiger partial charge < -0.3 is 0 Å². The summed E-state index contributed by atoms with van der Waals surface area (Å²) < 4.78 is 0. The maximum atomic E-state index is 0. The molecule has 0 aromatic carbocycles. The normalized spacial score (nSPS) is 0. The molecule has 4 radical (unpaired) electrons. The van der Waals surface area contributed by atoms with Crippen LogP contribution in [0.5, 0.6) is 0 Å². The molecule has 0 saturated carbocycles. The van der Waals surface area contributed by atoms with E-state index < -0.39 is 0 Å². The van der Waals surface area contributed by atoms with Gasteiger partial charge in [0.2, 0.25) is 0 Å². The van der Waals surface area contributed by atoms with E-state index in [1.54, 1.807) is 0 Å². The standard InChI is InChI=1S/C.Cr.Ni.Ti. The minimum atomic E-state index is 0. The molecule has 0 bridgehead atoms. The molecule has 0 saturated heterocycles. The molecule has 0 aliphatic heterocycles. The largest absolute Gasteiger partial charge is 0 e. The van der Waals surface area contributed by atoms with Gasteiger partial charge in [-0.25, -0.2) is 0 Å². The van der Waals surface area contributed by atoms with Crippen molar-refractivity contribution in [2.24, 2.45) is 0 Å². The Morgan fingerprint density at radius 2 is 1.00 bits per heavy atom. The van der Waals surface area contributed by atoms with Crippen LogP contribution in [0.25, 0.3) is 0 Å². The second-order valence-electron chi connectivity index (χ2n) is 0. The van der Waals surface area contributed by atoms with Crippen LogP contribution in [0.1, 0.15) is 0 Å². The molecule has 0 aromatic heterocycles. The van der Waals surface area contributed by atoms with Crippen LogP contribution < -0.4 is 0 Å². The predicted molar refractivity (Wildman–Crippen MR) is 3.24 cm³/mol. The van der Waals surface area contributed by atoms with Crippen LogP contribution in [0.3, 0.4) is 0 Å². The minimum absolute atomic E-state index is 0. The first-order valence-corrected chi connectivity index (χ1v) is 0. The van der Waals surface area contributed by atoms with Crippen LogP contribution in [0, 0.1) is 7.43 Å². The average molecular weight is 171 g/mol. The van der Waals surface area contributed by atoms with Gasteiger partial charge in [0.05, 0.1) is 0 Å². The van der Waals surface area contributed by atoms with Gasteiger partial charge in [-0.15, -0.1) is 0 Å². The maximum absolute atomic E-state index is 0. The van der Waals surface area contributed by atoms with E-state index >= 15 is 0 Å². The molecule has 0 fully saturated rings. The van der Waals surface area contributed by atoms with Crippen molar-refractivity contribution in [3.8, 4) is 0 Å². The van der Waals surface area contributed by atoms with Gasteiger partial charge in [-0.05, 0) is 0 Å². The van der Waals surface area contributed by atoms with Gasteiger partial charge in [0.15, 0.2) is 0 Å². The molecule has 4 heavy (non-hydrogen) atoms. The zero-order chi connectivity index (χ0) is 0. The molecule has 0 spiro atoms. The van der Waals surface area contributed by atoms with Gasteiger partial charge in [0, 0.05) is 63.0 Å². The van der Waals surface area contributed by atoms with Crippen LogP contribution in [0.2, 0.25) is 0 Å². The fourth-order valence-corrected chi connectivity index (χ4v) is 0. The first-order valence-electron chi connectivity index (χ1n) is 0. The third-order valence-electron chi connectivity index (χ3n) is 0. The fraction of sp³-hybridized carbons (Fsp3) is 0. The minimum Gasteiger partial charge on any atom is 0 e. The first kappa shape index (κ1) is 42.6. The van der Waals surface area contributed by atoms with Crippen LogP contribution in [-0.2, 0) is 55.6 Å². The smallest absolute Gasteiger partial charge is 0 e. The molecule has 3 heteroatoms. The molecule has 0 rings (SSSR count). The summed E-state index contributed by atoms with van der Waals surface area (Å²) in [6.45, 7) is 0. The molecule has 0 N–H and O–H groups in total. The van der Waals surface area contributed by atoms with E-state index in [0.29, 0.717) is 0 Å². The van der Waals surface area contributed by atoms with E-state index in [-0.39, 0.29) is 63.0 Å². The van der Waals surface area contributed by atoms with Gasteiger partial charge in [-0.1, -0.05) is 0 Å². The van der Waals surface area contributed by atoms with Gasteiger partial charge in [0.25, 0.3) is 0 Å². The van der Waals surface area contributed by atoms with Crippen molar-refractivity contribution >= 4 is 0 Å². The van der Waals surface area contributed by atoms with E-state index in [2.05, 4.69) is 0 Å². The Bertz CT molecular complexity index is 8.00. The topological polar surface area (TPSA) is 0 Å². The Morgan fingerprint density at radius 1 is 1.00 bits per heavy atom. The van der Waals surface area contributed by atoms with Crippen molar-refractivity contribution in [2.75, 3.05) is 0 Å². The van der Waals surface area contributed by atoms with Gasteiger partial charge >= 0.3 is 0 Å². The summed E-state index contributed by atoms with van der Waals surface area (Å²) in [7, 11) is 0. The van der Waals surface area contributed by atoms with Crippen LogP contribution in [0.4, 0.5) is 0 Å². The number of hydrogen-bond acceptors (Lipinski definition) is 0. The molecule has 0 heterocycles. The SMILES string of the molecule is [C].[Cr].[Ni].[Ti]. The van der Waals surface area contributed by atoms with E-state index in [4.69, 9.17) is 0 Å². The summed E-state index contributed by atoms with van der Waals surface area (Å²) >= 11 is 0. The Morgan fingerprint density at radius 3 is 1.00 bits per heavy atom. The molecule has 0 aliphatic rings. The molecule has 0 atom stereocenters. The van der Waals surface area contributed by atoms with Crippen molar-refractivity contribution < 1.29 is 55.6 Å². The monoisotopic (exact) mass is 170 g/mol. The zero-order valence-corrected chi connectivity index (χ0v) is 5.55. The van der Waals surface area contributed by atoms with E-state index in [9.17, 15) is 0 Å². The Labute approximate surface area is 62.7 Å². The number of rotatable bonds is 0. The molecular weight excluding hydrogens is 171 g/mol. The second-order valence-corrected chi connectivity index (χ2v) is 0. The van der Waals surface area contributed by atoms with E-state index in [1.165, 1.54) is 0 Å². The summed E-state index contributed by atoms with van der Waals surface area (Å²) in [4.78, 5) is 0. The summed E-state index contributed by atoms with van der Waals surface area (Å²) in [6.07, 6.45) is 0.